The lowest BCUT2D eigenvalue weighted by atomic mass is 9.90. The van der Waals surface area contributed by atoms with Gasteiger partial charge in [0.05, 0.1) is 5.01 Å². The lowest BCUT2D eigenvalue weighted by molar-refractivity contribution is 0.349. The molecule has 0 bridgehead atoms. The summed E-state index contributed by atoms with van der Waals surface area (Å²) in [6, 6.07) is 0. The maximum atomic E-state index is 4.47. The highest BCUT2D eigenvalue weighted by atomic mass is 32.1. The zero-order valence-corrected chi connectivity index (χ0v) is 9.66. The van der Waals surface area contributed by atoms with Gasteiger partial charge in [-0.15, -0.1) is 11.3 Å². The molecule has 0 aliphatic rings. The molecule has 13 heavy (non-hydrogen) atoms. The summed E-state index contributed by atoms with van der Waals surface area (Å²) >= 11 is 1.76. The Morgan fingerprint density at radius 2 is 2.23 bits per heavy atom. The normalized spacial score (nSPS) is 12.0. The highest BCUT2D eigenvalue weighted by molar-refractivity contribution is 7.09. The van der Waals surface area contributed by atoms with E-state index in [1.807, 2.05) is 14.0 Å². The van der Waals surface area contributed by atoms with Crippen LogP contribution in [0.4, 0.5) is 0 Å². The van der Waals surface area contributed by atoms with Gasteiger partial charge in [0.15, 0.2) is 0 Å². The lowest BCUT2D eigenvalue weighted by Gasteiger charge is -2.22. The molecule has 1 aromatic rings. The van der Waals surface area contributed by atoms with Gasteiger partial charge in [-0.1, -0.05) is 13.8 Å². The zero-order chi connectivity index (χ0) is 9.90. The van der Waals surface area contributed by atoms with E-state index in [4.69, 9.17) is 0 Å². The number of rotatable bonds is 4. The van der Waals surface area contributed by atoms with Gasteiger partial charge in [-0.2, -0.15) is 0 Å². The molecule has 0 atom stereocenters. The second-order valence-electron chi connectivity index (χ2n) is 4.25. The van der Waals surface area contributed by atoms with Gasteiger partial charge in [0.1, 0.15) is 0 Å². The van der Waals surface area contributed by atoms with E-state index in [-0.39, 0.29) is 0 Å². The summed E-state index contributed by atoms with van der Waals surface area (Å²) in [5.41, 5.74) is 1.44. The minimum atomic E-state index is 0.305. The lowest BCUT2D eigenvalue weighted by Crippen LogP contribution is -2.28. The molecule has 0 unspecified atom stereocenters. The number of hydrogen-bond donors (Lipinski definition) is 1. The minimum Gasteiger partial charge on any atom is -0.319 e. The van der Waals surface area contributed by atoms with Crippen molar-refractivity contribution in [3.63, 3.8) is 0 Å². The van der Waals surface area contributed by atoms with Gasteiger partial charge in [0.2, 0.25) is 0 Å². The topological polar surface area (TPSA) is 24.9 Å². The van der Waals surface area contributed by atoms with Crippen molar-refractivity contribution >= 4 is 11.3 Å². The first-order valence-corrected chi connectivity index (χ1v) is 5.47. The molecule has 1 N–H and O–H groups in total. The van der Waals surface area contributed by atoms with Crippen LogP contribution >= 0.6 is 11.3 Å². The number of aromatic nitrogens is 1. The molecule has 0 saturated carbocycles. The molecule has 2 nitrogen and oxygen atoms in total. The summed E-state index contributed by atoms with van der Waals surface area (Å²) in [5, 5.41) is 6.58. The Bertz CT molecular complexity index is 266. The van der Waals surface area contributed by atoms with Crippen molar-refractivity contribution in [2.45, 2.75) is 27.2 Å². The van der Waals surface area contributed by atoms with Crippen molar-refractivity contribution in [3.8, 4) is 0 Å². The molecular formula is C10H18N2S. The maximum absolute atomic E-state index is 4.47. The number of nitrogens with zero attached hydrogens (tertiary/aromatic N) is 1. The predicted octanol–water partition coefficient (Wildman–Crippen LogP) is 2.24. The van der Waals surface area contributed by atoms with Crippen LogP contribution in [0.25, 0.3) is 0 Å². The van der Waals surface area contributed by atoms with Crippen LogP contribution in [-0.2, 0) is 6.42 Å². The fourth-order valence-electron chi connectivity index (χ4n) is 1.43. The first-order valence-electron chi connectivity index (χ1n) is 4.59. The highest BCUT2D eigenvalue weighted by Gasteiger charge is 2.18. The zero-order valence-electron chi connectivity index (χ0n) is 8.85. The summed E-state index contributed by atoms with van der Waals surface area (Å²) < 4.78 is 0. The Labute approximate surface area is 84.4 Å². The smallest absolute Gasteiger partial charge is 0.0933 e. The summed E-state index contributed by atoms with van der Waals surface area (Å²) in [6.07, 6.45) is 1.06. The number of aryl methyl sites for hydroxylation is 1. The Morgan fingerprint density at radius 1 is 1.54 bits per heavy atom. The molecule has 0 fully saturated rings. The molecule has 1 rings (SSSR count). The predicted molar refractivity (Wildman–Crippen MR) is 58.3 cm³/mol. The van der Waals surface area contributed by atoms with Crippen LogP contribution in [0.2, 0.25) is 0 Å². The first kappa shape index (κ1) is 10.7. The molecule has 0 spiro atoms. The van der Waals surface area contributed by atoms with Gasteiger partial charge < -0.3 is 5.32 Å². The summed E-state index contributed by atoms with van der Waals surface area (Å²) in [7, 11) is 1.99. The molecule has 3 heteroatoms. The fourth-order valence-corrected chi connectivity index (χ4v) is 2.46. The van der Waals surface area contributed by atoms with Crippen LogP contribution in [0.15, 0.2) is 5.38 Å². The largest absolute Gasteiger partial charge is 0.319 e. The molecule has 0 amide bonds. The molecule has 0 aliphatic heterocycles. The standard InChI is InChI=1S/C10H18N2S/c1-8-6-13-9(12-8)5-10(2,3)7-11-4/h6,11H,5,7H2,1-4H3. The van der Waals surface area contributed by atoms with Gasteiger partial charge in [0.25, 0.3) is 0 Å². The molecule has 0 aliphatic carbocycles. The molecule has 0 aromatic carbocycles. The summed E-state index contributed by atoms with van der Waals surface area (Å²) in [5.74, 6) is 0. The van der Waals surface area contributed by atoms with Crippen molar-refractivity contribution in [1.82, 2.24) is 10.3 Å². The van der Waals surface area contributed by atoms with E-state index < -0.39 is 0 Å². The van der Waals surface area contributed by atoms with Gasteiger partial charge in [0, 0.05) is 24.0 Å². The van der Waals surface area contributed by atoms with Crippen LogP contribution in [0.5, 0.6) is 0 Å². The van der Waals surface area contributed by atoms with Crippen LogP contribution in [-0.4, -0.2) is 18.6 Å². The quantitative estimate of drug-likeness (QED) is 0.802. The van der Waals surface area contributed by atoms with E-state index in [0.717, 1.165) is 18.7 Å². The Morgan fingerprint density at radius 3 is 2.69 bits per heavy atom. The number of thiazole rings is 1. The van der Waals surface area contributed by atoms with Crippen molar-refractivity contribution in [3.05, 3.63) is 16.1 Å². The second-order valence-corrected chi connectivity index (χ2v) is 5.20. The van der Waals surface area contributed by atoms with Crippen molar-refractivity contribution < 1.29 is 0 Å². The summed E-state index contributed by atoms with van der Waals surface area (Å²) in [6.45, 7) is 7.61. The van der Waals surface area contributed by atoms with E-state index in [0.29, 0.717) is 5.41 Å². The first-order chi connectivity index (χ1) is 6.03. The van der Waals surface area contributed by atoms with Crippen LogP contribution in [0.1, 0.15) is 24.5 Å². The number of hydrogen-bond acceptors (Lipinski definition) is 3. The monoisotopic (exact) mass is 198 g/mol. The molecule has 0 saturated heterocycles. The third kappa shape index (κ3) is 3.44. The van der Waals surface area contributed by atoms with E-state index in [1.165, 1.54) is 5.01 Å². The van der Waals surface area contributed by atoms with E-state index >= 15 is 0 Å². The highest BCUT2D eigenvalue weighted by Crippen LogP contribution is 2.22. The molecular weight excluding hydrogens is 180 g/mol. The van der Waals surface area contributed by atoms with Crippen LogP contribution in [0, 0.1) is 12.3 Å². The van der Waals surface area contributed by atoms with E-state index in [1.54, 1.807) is 11.3 Å². The van der Waals surface area contributed by atoms with Crippen molar-refractivity contribution in [2.75, 3.05) is 13.6 Å². The minimum absolute atomic E-state index is 0.305. The molecule has 1 heterocycles. The SMILES string of the molecule is CNCC(C)(C)Cc1nc(C)cs1. The molecule has 1 aromatic heterocycles. The van der Waals surface area contributed by atoms with Crippen molar-refractivity contribution in [1.29, 1.82) is 0 Å². The van der Waals surface area contributed by atoms with Gasteiger partial charge in [-0.3, -0.25) is 0 Å². The van der Waals surface area contributed by atoms with Crippen LogP contribution in [0.3, 0.4) is 0 Å². The van der Waals surface area contributed by atoms with Gasteiger partial charge in [-0.25, -0.2) is 4.98 Å². The second kappa shape index (κ2) is 4.20. The Balaban J connectivity index is 2.57. The van der Waals surface area contributed by atoms with Crippen molar-refractivity contribution in [2.24, 2.45) is 5.41 Å². The third-order valence-electron chi connectivity index (χ3n) is 1.95. The Hall–Kier alpha value is -0.410. The average Bonchev–Trinajstić information content (AvgIpc) is 2.34. The van der Waals surface area contributed by atoms with Crippen LogP contribution < -0.4 is 5.32 Å². The van der Waals surface area contributed by atoms with Gasteiger partial charge >= 0.3 is 0 Å². The summed E-state index contributed by atoms with van der Waals surface area (Å²) in [4.78, 5) is 4.47. The van der Waals surface area contributed by atoms with Gasteiger partial charge in [-0.05, 0) is 19.4 Å². The van der Waals surface area contributed by atoms with E-state index in [2.05, 4.69) is 29.5 Å². The fraction of sp³-hybridized carbons (Fsp3) is 0.700. The van der Waals surface area contributed by atoms with E-state index in [9.17, 15) is 0 Å². The average molecular weight is 198 g/mol. The molecule has 74 valence electrons. The third-order valence-corrected chi connectivity index (χ3v) is 2.92. The number of nitrogens with one attached hydrogen (secondary N) is 1. The maximum Gasteiger partial charge on any atom is 0.0933 e. The Kier molecular flexibility index (Phi) is 3.45. The molecule has 0 radical (unpaired) electrons.